The van der Waals surface area contributed by atoms with Crippen LogP contribution < -0.4 is 5.32 Å². The maximum absolute atomic E-state index is 13.4. The average molecular weight is 264 g/mol. The molecule has 0 unspecified atom stereocenters. The Kier molecular flexibility index (Phi) is 4.71. The van der Waals surface area contributed by atoms with Crippen molar-refractivity contribution in [3.05, 3.63) is 28.8 Å². The molecule has 0 saturated carbocycles. The van der Waals surface area contributed by atoms with Gasteiger partial charge in [0, 0.05) is 19.7 Å². The molecule has 0 saturated heterocycles. The van der Waals surface area contributed by atoms with Crippen molar-refractivity contribution in [3.8, 4) is 0 Å². The molecule has 5 heteroatoms. The van der Waals surface area contributed by atoms with Gasteiger partial charge in [-0.15, -0.1) is 0 Å². The molecular weight excluding hydrogens is 248 g/mol. The van der Waals surface area contributed by atoms with Gasteiger partial charge in [-0.3, -0.25) is 0 Å². The molecule has 0 aliphatic rings. The van der Waals surface area contributed by atoms with E-state index >= 15 is 0 Å². The summed E-state index contributed by atoms with van der Waals surface area (Å²) in [6, 6.07) is 1.88. The van der Waals surface area contributed by atoms with Gasteiger partial charge in [-0.2, -0.15) is 0 Å². The van der Waals surface area contributed by atoms with E-state index in [1.165, 1.54) is 0 Å². The number of halogens is 3. The second-order valence-corrected chi connectivity index (χ2v) is 4.79. The smallest absolute Gasteiger partial charge is 0.150 e. The molecule has 1 aromatic rings. The fourth-order valence-corrected chi connectivity index (χ4v) is 1.56. The molecular formula is C12H16ClF2NO. The second kappa shape index (κ2) is 5.65. The molecule has 1 rings (SSSR count). The normalized spacial score (nSPS) is 11.6. The Morgan fingerprint density at radius 1 is 1.35 bits per heavy atom. The highest BCUT2D eigenvalue weighted by atomic mass is 35.5. The summed E-state index contributed by atoms with van der Waals surface area (Å²) < 4.78 is 31.4. The molecule has 0 heterocycles. The van der Waals surface area contributed by atoms with Crippen LogP contribution in [0.15, 0.2) is 12.1 Å². The number of ether oxygens (including phenoxy) is 1. The van der Waals surface area contributed by atoms with Gasteiger partial charge in [0.25, 0.3) is 0 Å². The largest absolute Gasteiger partial charge is 0.381 e. The van der Waals surface area contributed by atoms with Crippen LogP contribution in [0.25, 0.3) is 0 Å². The number of hydrogen-bond acceptors (Lipinski definition) is 2. The Balaban J connectivity index is 2.64. The summed E-state index contributed by atoms with van der Waals surface area (Å²) in [5.41, 5.74) is -0.171. The van der Waals surface area contributed by atoms with Crippen LogP contribution in [0.4, 0.5) is 14.5 Å². The molecule has 0 aromatic heterocycles. The predicted octanol–water partition coefficient (Wildman–Crippen LogP) is 3.85. The van der Waals surface area contributed by atoms with E-state index in [0.717, 1.165) is 12.1 Å². The Morgan fingerprint density at radius 3 is 2.53 bits per heavy atom. The highest BCUT2D eigenvalue weighted by Gasteiger charge is 2.16. The molecule has 0 spiro atoms. The molecule has 1 N–H and O–H groups in total. The van der Waals surface area contributed by atoms with E-state index < -0.39 is 11.6 Å². The Labute approximate surface area is 105 Å². The third kappa shape index (κ3) is 4.13. The number of benzene rings is 1. The van der Waals surface area contributed by atoms with Crippen molar-refractivity contribution in [2.75, 3.05) is 19.0 Å². The number of nitrogens with one attached hydrogen (secondary N) is 1. The maximum atomic E-state index is 13.4. The zero-order valence-electron chi connectivity index (χ0n) is 10.1. The van der Waals surface area contributed by atoms with Crippen molar-refractivity contribution in [3.63, 3.8) is 0 Å². The fourth-order valence-electron chi connectivity index (χ4n) is 1.30. The highest BCUT2D eigenvalue weighted by Crippen LogP contribution is 2.26. The van der Waals surface area contributed by atoms with Crippen LogP contribution in [0, 0.1) is 11.6 Å². The monoisotopic (exact) mass is 263 g/mol. The lowest BCUT2D eigenvalue weighted by Gasteiger charge is -2.23. The van der Waals surface area contributed by atoms with Crippen LogP contribution in [0.1, 0.15) is 20.3 Å². The summed E-state index contributed by atoms with van der Waals surface area (Å²) in [5.74, 6) is -1.37. The van der Waals surface area contributed by atoms with Crippen LogP contribution in [0.2, 0.25) is 5.02 Å². The predicted molar refractivity (Wildman–Crippen MR) is 65.6 cm³/mol. The molecule has 0 aliphatic heterocycles. The van der Waals surface area contributed by atoms with Gasteiger partial charge in [0.2, 0.25) is 0 Å². The quantitative estimate of drug-likeness (QED) is 0.871. The molecule has 0 radical (unpaired) electrons. The summed E-state index contributed by atoms with van der Waals surface area (Å²) in [6.07, 6.45) is 0.677. The zero-order chi connectivity index (χ0) is 13.1. The lowest BCUT2D eigenvalue weighted by Crippen LogP contribution is -2.26. The summed E-state index contributed by atoms with van der Waals surface area (Å²) in [6.45, 7) is 4.34. The van der Waals surface area contributed by atoms with E-state index in [9.17, 15) is 8.78 Å². The third-order valence-corrected chi connectivity index (χ3v) is 2.89. The highest BCUT2D eigenvalue weighted by molar-refractivity contribution is 6.33. The van der Waals surface area contributed by atoms with Crippen molar-refractivity contribution < 1.29 is 13.5 Å². The van der Waals surface area contributed by atoms with Gasteiger partial charge >= 0.3 is 0 Å². The van der Waals surface area contributed by atoms with E-state index in [4.69, 9.17) is 16.3 Å². The van der Waals surface area contributed by atoms with Crippen LogP contribution in [-0.2, 0) is 4.74 Å². The number of rotatable bonds is 5. The van der Waals surface area contributed by atoms with Crippen molar-refractivity contribution in [1.29, 1.82) is 0 Å². The number of methoxy groups -OCH3 is 1. The van der Waals surface area contributed by atoms with Crippen LogP contribution in [0.3, 0.4) is 0 Å². The zero-order valence-corrected chi connectivity index (χ0v) is 10.9. The Hall–Kier alpha value is -0.870. The Morgan fingerprint density at radius 2 is 2.00 bits per heavy atom. The van der Waals surface area contributed by atoms with Gasteiger partial charge < -0.3 is 10.1 Å². The molecule has 0 amide bonds. The van der Waals surface area contributed by atoms with Crippen molar-refractivity contribution in [2.45, 2.75) is 25.9 Å². The molecule has 17 heavy (non-hydrogen) atoms. The molecule has 0 bridgehead atoms. The molecule has 0 atom stereocenters. The fraction of sp³-hybridized carbons (Fsp3) is 0.500. The molecule has 1 aromatic carbocycles. The summed E-state index contributed by atoms with van der Waals surface area (Å²) in [5, 5.41) is 2.88. The standard InChI is InChI=1S/C12H16ClF2NO/c1-12(2,17-3)4-5-16-11-9(13)6-8(14)7-10(11)15/h6-7,16H,4-5H2,1-3H3. The van der Waals surface area contributed by atoms with Crippen LogP contribution in [-0.4, -0.2) is 19.3 Å². The maximum Gasteiger partial charge on any atom is 0.150 e. The average Bonchev–Trinajstić information content (AvgIpc) is 2.22. The van der Waals surface area contributed by atoms with Gasteiger partial charge in [0.1, 0.15) is 5.82 Å². The van der Waals surface area contributed by atoms with E-state index in [0.29, 0.717) is 13.0 Å². The number of anilines is 1. The first kappa shape index (κ1) is 14.2. The lowest BCUT2D eigenvalue weighted by atomic mass is 10.1. The third-order valence-electron chi connectivity index (χ3n) is 2.59. The molecule has 0 aliphatic carbocycles. The van der Waals surface area contributed by atoms with Gasteiger partial charge in [0.05, 0.1) is 16.3 Å². The summed E-state index contributed by atoms with van der Waals surface area (Å²) in [7, 11) is 1.62. The summed E-state index contributed by atoms with van der Waals surface area (Å²) in [4.78, 5) is 0. The van der Waals surface area contributed by atoms with Crippen LogP contribution in [0.5, 0.6) is 0 Å². The first-order valence-corrected chi connectivity index (χ1v) is 5.67. The van der Waals surface area contributed by atoms with Gasteiger partial charge in [-0.25, -0.2) is 8.78 Å². The van der Waals surface area contributed by atoms with Crippen LogP contribution >= 0.6 is 11.6 Å². The van der Waals surface area contributed by atoms with Gasteiger partial charge in [-0.1, -0.05) is 11.6 Å². The minimum absolute atomic E-state index is 0.0396. The Bertz CT molecular complexity index is 373. The van der Waals surface area contributed by atoms with E-state index in [2.05, 4.69) is 5.32 Å². The SMILES string of the molecule is COC(C)(C)CCNc1c(F)cc(F)cc1Cl. The molecule has 2 nitrogen and oxygen atoms in total. The van der Waals surface area contributed by atoms with E-state index in [1.807, 2.05) is 13.8 Å². The van der Waals surface area contributed by atoms with Crippen molar-refractivity contribution in [1.82, 2.24) is 0 Å². The molecule has 0 fully saturated rings. The second-order valence-electron chi connectivity index (χ2n) is 4.39. The first-order chi connectivity index (χ1) is 7.85. The van der Waals surface area contributed by atoms with Gasteiger partial charge in [-0.05, 0) is 26.3 Å². The van der Waals surface area contributed by atoms with Crippen molar-refractivity contribution in [2.24, 2.45) is 0 Å². The number of hydrogen-bond donors (Lipinski definition) is 1. The van der Waals surface area contributed by atoms with E-state index in [1.54, 1.807) is 7.11 Å². The van der Waals surface area contributed by atoms with Crippen molar-refractivity contribution >= 4 is 17.3 Å². The minimum atomic E-state index is -0.690. The minimum Gasteiger partial charge on any atom is -0.381 e. The first-order valence-electron chi connectivity index (χ1n) is 5.29. The lowest BCUT2D eigenvalue weighted by molar-refractivity contribution is 0.0184. The summed E-state index contributed by atoms with van der Waals surface area (Å²) >= 11 is 5.74. The topological polar surface area (TPSA) is 21.3 Å². The van der Waals surface area contributed by atoms with E-state index in [-0.39, 0.29) is 16.3 Å². The molecule has 96 valence electrons. The van der Waals surface area contributed by atoms with Gasteiger partial charge in [0.15, 0.2) is 5.82 Å².